The second-order valence-electron chi connectivity index (χ2n) is 7.24. The van der Waals surface area contributed by atoms with E-state index in [4.69, 9.17) is 0 Å². The number of likely N-dealkylation sites (tertiary alicyclic amines) is 1. The van der Waals surface area contributed by atoms with Crippen molar-refractivity contribution in [1.82, 2.24) is 25.5 Å². The minimum atomic E-state index is -0.565. The van der Waals surface area contributed by atoms with Gasteiger partial charge in [-0.1, -0.05) is 6.07 Å². The van der Waals surface area contributed by atoms with E-state index in [1.54, 1.807) is 18.3 Å². The summed E-state index contributed by atoms with van der Waals surface area (Å²) in [6, 6.07) is 6.76. The molecule has 0 aliphatic carbocycles. The summed E-state index contributed by atoms with van der Waals surface area (Å²) in [7, 11) is 1.49. The number of carbonyl (C=O) groups excluding carboxylic acids is 2. The average Bonchev–Trinajstić information content (AvgIpc) is 2.74. The van der Waals surface area contributed by atoms with Gasteiger partial charge in [0, 0.05) is 31.9 Å². The Labute approximate surface area is 175 Å². The second-order valence-corrected chi connectivity index (χ2v) is 7.24. The third-order valence-corrected chi connectivity index (χ3v) is 5.17. The molecule has 3 amide bonds. The van der Waals surface area contributed by atoms with Crippen LogP contribution in [0.5, 0.6) is 0 Å². The van der Waals surface area contributed by atoms with Crippen LogP contribution in [0.3, 0.4) is 0 Å². The number of piperidine rings is 1. The van der Waals surface area contributed by atoms with Gasteiger partial charge in [-0.3, -0.25) is 15.0 Å². The Bertz CT molecular complexity index is 899. The molecule has 160 valence electrons. The minimum absolute atomic E-state index is 0.0832. The Hall–Kier alpha value is -3.07. The molecule has 0 saturated carbocycles. The van der Waals surface area contributed by atoms with Crippen LogP contribution in [0.25, 0.3) is 0 Å². The molecule has 0 bridgehead atoms. The first-order chi connectivity index (χ1) is 14.5. The third kappa shape index (κ3) is 5.50. The lowest BCUT2D eigenvalue weighted by atomic mass is 9.90. The molecule has 2 aromatic rings. The molecule has 0 radical (unpaired) electrons. The van der Waals surface area contributed by atoms with Crippen LogP contribution in [0.4, 0.5) is 15.0 Å². The molecule has 30 heavy (non-hydrogen) atoms. The largest absolute Gasteiger partial charge is 0.354 e. The van der Waals surface area contributed by atoms with Crippen LogP contribution in [0.15, 0.2) is 30.5 Å². The molecule has 3 rings (SSSR count). The lowest BCUT2D eigenvalue weighted by Gasteiger charge is -2.32. The summed E-state index contributed by atoms with van der Waals surface area (Å²) in [6.07, 6.45) is 3.30. The van der Waals surface area contributed by atoms with Crippen molar-refractivity contribution in [1.29, 1.82) is 0 Å². The number of rotatable bonds is 6. The molecule has 0 aromatic carbocycles. The van der Waals surface area contributed by atoms with Crippen LogP contribution >= 0.6 is 0 Å². The summed E-state index contributed by atoms with van der Waals surface area (Å²) >= 11 is 0. The van der Waals surface area contributed by atoms with Gasteiger partial charge in [0.1, 0.15) is 11.5 Å². The van der Waals surface area contributed by atoms with E-state index in [0.717, 1.165) is 38.0 Å². The summed E-state index contributed by atoms with van der Waals surface area (Å²) < 4.78 is 14.4. The number of hydrogen-bond acceptors (Lipinski definition) is 5. The number of urea groups is 1. The molecule has 9 heteroatoms. The standard InChI is InChI=1S/C21H27FN6O2/c1-3-24-21(30)27-18-12-14(6-9-25-18)13-28-10-7-15(8-11-28)16-4-5-17(20(29)23-2)26-19(16)22/h4-6,9,12,15H,3,7-8,10-11,13H2,1-2H3,(H,23,29)(H2,24,25,27,30). The number of nitrogens with zero attached hydrogens (tertiary/aromatic N) is 3. The van der Waals surface area contributed by atoms with E-state index < -0.39 is 11.9 Å². The highest BCUT2D eigenvalue weighted by molar-refractivity contribution is 5.92. The van der Waals surface area contributed by atoms with E-state index in [1.807, 2.05) is 19.1 Å². The molecule has 0 spiro atoms. The highest BCUT2D eigenvalue weighted by atomic mass is 19.1. The fourth-order valence-corrected chi connectivity index (χ4v) is 3.63. The van der Waals surface area contributed by atoms with E-state index in [-0.39, 0.29) is 17.6 Å². The van der Waals surface area contributed by atoms with Crippen molar-refractivity contribution in [2.24, 2.45) is 0 Å². The zero-order valence-electron chi connectivity index (χ0n) is 17.2. The zero-order valence-corrected chi connectivity index (χ0v) is 17.2. The third-order valence-electron chi connectivity index (χ3n) is 5.17. The van der Waals surface area contributed by atoms with Crippen molar-refractivity contribution < 1.29 is 14.0 Å². The SMILES string of the molecule is CCNC(=O)Nc1cc(CN2CCC(c3ccc(C(=O)NC)nc3F)CC2)ccn1. The first-order valence-corrected chi connectivity index (χ1v) is 10.1. The number of nitrogens with one attached hydrogen (secondary N) is 3. The monoisotopic (exact) mass is 414 g/mol. The van der Waals surface area contributed by atoms with Crippen molar-refractivity contribution in [3.63, 3.8) is 0 Å². The Morgan fingerprint density at radius 1 is 1.23 bits per heavy atom. The van der Waals surface area contributed by atoms with E-state index in [1.165, 1.54) is 7.05 Å². The van der Waals surface area contributed by atoms with Gasteiger partial charge in [0.15, 0.2) is 0 Å². The van der Waals surface area contributed by atoms with Crippen LogP contribution < -0.4 is 16.0 Å². The van der Waals surface area contributed by atoms with Crippen LogP contribution in [-0.2, 0) is 6.54 Å². The number of halogens is 1. The molecule has 3 N–H and O–H groups in total. The van der Waals surface area contributed by atoms with Crippen LogP contribution in [0, 0.1) is 5.95 Å². The van der Waals surface area contributed by atoms with Gasteiger partial charge in [0.2, 0.25) is 5.95 Å². The maximum Gasteiger partial charge on any atom is 0.320 e. The highest BCUT2D eigenvalue weighted by Crippen LogP contribution is 2.30. The Morgan fingerprint density at radius 2 is 2.00 bits per heavy atom. The number of amides is 3. The highest BCUT2D eigenvalue weighted by Gasteiger charge is 2.24. The molecule has 3 heterocycles. The van der Waals surface area contributed by atoms with Gasteiger partial charge in [-0.25, -0.2) is 14.8 Å². The fourth-order valence-electron chi connectivity index (χ4n) is 3.63. The number of anilines is 1. The van der Waals surface area contributed by atoms with Crippen LogP contribution in [0.1, 0.15) is 47.3 Å². The smallest absolute Gasteiger partial charge is 0.320 e. The van der Waals surface area contributed by atoms with E-state index >= 15 is 0 Å². The molecule has 0 atom stereocenters. The lowest BCUT2D eigenvalue weighted by molar-refractivity contribution is 0.0957. The number of carbonyl (C=O) groups is 2. The Balaban J connectivity index is 1.56. The predicted molar refractivity (Wildman–Crippen MR) is 112 cm³/mol. The summed E-state index contributed by atoms with van der Waals surface area (Å²) in [6.45, 7) is 4.78. The minimum Gasteiger partial charge on any atom is -0.354 e. The number of pyridine rings is 2. The molecule has 1 aliphatic rings. The zero-order chi connectivity index (χ0) is 21.5. The fraction of sp³-hybridized carbons (Fsp3) is 0.429. The van der Waals surface area contributed by atoms with Gasteiger partial charge in [-0.2, -0.15) is 4.39 Å². The number of aromatic nitrogens is 2. The average molecular weight is 414 g/mol. The molecule has 1 fully saturated rings. The first-order valence-electron chi connectivity index (χ1n) is 10.1. The Morgan fingerprint density at radius 3 is 2.67 bits per heavy atom. The van der Waals surface area contributed by atoms with E-state index in [2.05, 4.69) is 30.8 Å². The topological polar surface area (TPSA) is 99.2 Å². The van der Waals surface area contributed by atoms with Crippen LogP contribution in [-0.4, -0.2) is 53.5 Å². The molecule has 1 aliphatic heterocycles. The molecule has 1 saturated heterocycles. The van der Waals surface area contributed by atoms with Gasteiger partial charge in [0.05, 0.1) is 0 Å². The summed E-state index contributed by atoms with van der Waals surface area (Å²) in [5.41, 5.74) is 1.71. The van der Waals surface area contributed by atoms with Crippen LogP contribution in [0.2, 0.25) is 0 Å². The van der Waals surface area contributed by atoms with Gasteiger partial charge < -0.3 is 10.6 Å². The predicted octanol–water partition coefficient (Wildman–Crippen LogP) is 2.50. The maximum absolute atomic E-state index is 14.4. The van der Waals surface area contributed by atoms with E-state index in [0.29, 0.717) is 17.9 Å². The molecule has 0 unspecified atom stereocenters. The van der Waals surface area contributed by atoms with Crippen molar-refractivity contribution in [2.45, 2.75) is 32.2 Å². The van der Waals surface area contributed by atoms with Crippen molar-refractivity contribution >= 4 is 17.8 Å². The van der Waals surface area contributed by atoms with E-state index in [9.17, 15) is 14.0 Å². The van der Waals surface area contributed by atoms with Gasteiger partial charge in [-0.15, -0.1) is 0 Å². The summed E-state index contributed by atoms with van der Waals surface area (Å²) in [4.78, 5) is 33.5. The number of hydrogen-bond donors (Lipinski definition) is 3. The van der Waals surface area contributed by atoms with Crippen molar-refractivity contribution in [3.8, 4) is 0 Å². The molecular weight excluding hydrogens is 387 g/mol. The quantitative estimate of drug-likeness (QED) is 0.631. The molecule has 2 aromatic heterocycles. The Kier molecular flexibility index (Phi) is 7.29. The van der Waals surface area contributed by atoms with Crippen molar-refractivity contribution in [2.75, 3.05) is 32.0 Å². The normalized spacial score (nSPS) is 14.9. The first kappa shape index (κ1) is 21.6. The molecule has 8 nitrogen and oxygen atoms in total. The lowest BCUT2D eigenvalue weighted by Crippen LogP contribution is -2.33. The maximum atomic E-state index is 14.4. The summed E-state index contributed by atoms with van der Waals surface area (Å²) in [5, 5.41) is 7.84. The summed E-state index contributed by atoms with van der Waals surface area (Å²) in [5.74, 6) is -0.365. The van der Waals surface area contributed by atoms with Gasteiger partial charge in [0.25, 0.3) is 5.91 Å². The van der Waals surface area contributed by atoms with Gasteiger partial charge in [-0.05, 0) is 62.5 Å². The van der Waals surface area contributed by atoms with Gasteiger partial charge >= 0.3 is 6.03 Å². The van der Waals surface area contributed by atoms with Crippen molar-refractivity contribution in [3.05, 3.63) is 53.2 Å². The second kappa shape index (κ2) is 10.1. The molecular formula is C21H27FN6O2.